The van der Waals surface area contributed by atoms with Crippen molar-refractivity contribution in [1.29, 1.82) is 0 Å². The molecule has 1 aliphatic rings. The van der Waals surface area contributed by atoms with Gasteiger partial charge in [0, 0.05) is 68.2 Å². The van der Waals surface area contributed by atoms with Crippen molar-refractivity contribution in [3.8, 4) is 22.6 Å². The van der Waals surface area contributed by atoms with Crippen molar-refractivity contribution in [3.05, 3.63) is 55.1 Å². The van der Waals surface area contributed by atoms with Gasteiger partial charge in [-0.15, -0.1) is 0 Å². The largest absolute Gasteiger partial charge is 0.354 e. The highest BCUT2D eigenvalue weighted by Crippen LogP contribution is 2.25. The van der Waals surface area contributed by atoms with Crippen molar-refractivity contribution >= 4 is 5.82 Å². The van der Waals surface area contributed by atoms with Crippen LogP contribution in [0.4, 0.5) is 5.82 Å². The van der Waals surface area contributed by atoms with Crippen LogP contribution in [0, 0.1) is 0 Å². The minimum absolute atomic E-state index is 0.700. The SMILES string of the molecule is c1cncc(-c2nc(-c3ccncc3)cc(N3CCNCC3)n2)c1. The lowest BCUT2D eigenvalue weighted by atomic mass is 10.1. The smallest absolute Gasteiger partial charge is 0.163 e. The minimum Gasteiger partial charge on any atom is -0.354 e. The molecule has 0 unspecified atom stereocenters. The van der Waals surface area contributed by atoms with Gasteiger partial charge in [-0.3, -0.25) is 9.97 Å². The Bertz CT molecular complexity index is 743. The van der Waals surface area contributed by atoms with E-state index in [0.717, 1.165) is 48.8 Å². The summed E-state index contributed by atoms with van der Waals surface area (Å²) < 4.78 is 0. The average molecular weight is 318 g/mol. The van der Waals surface area contributed by atoms with Crippen LogP contribution in [0.15, 0.2) is 55.1 Å². The molecule has 1 N–H and O–H groups in total. The quantitative estimate of drug-likeness (QED) is 0.797. The molecule has 0 aliphatic carbocycles. The van der Waals surface area contributed by atoms with E-state index in [4.69, 9.17) is 9.97 Å². The first-order valence-corrected chi connectivity index (χ1v) is 8.06. The number of rotatable bonds is 3. The van der Waals surface area contributed by atoms with Gasteiger partial charge in [-0.25, -0.2) is 9.97 Å². The van der Waals surface area contributed by atoms with E-state index in [2.05, 4.69) is 26.3 Å². The molecule has 1 fully saturated rings. The molecule has 0 atom stereocenters. The Morgan fingerprint density at radius 1 is 0.875 bits per heavy atom. The second-order valence-electron chi connectivity index (χ2n) is 5.65. The van der Waals surface area contributed by atoms with Crippen LogP contribution in [0.5, 0.6) is 0 Å². The molecular formula is C18H18N6. The molecule has 0 aromatic carbocycles. The first kappa shape index (κ1) is 14.7. The van der Waals surface area contributed by atoms with Crippen molar-refractivity contribution in [2.75, 3.05) is 31.1 Å². The normalized spacial score (nSPS) is 14.6. The lowest BCUT2D eigenvalue weighted by Gasteiger charge is -2.28. The molecular weight excluding hydrogens is 300 g/mol. The molecule has 0 amide bonds. The summed E-state index contributed by atoms with van der Waals surface area (Å²) in [5.74, 6) is 1.66. The fourth-order valence-corrected chi connectivity index (χ4v) is 2.79. The lowest BCUT2D eigenvalue weighted by molar-refractivity contribution is 0.585. The first-order chi connectivity index (χ1) is 11.9. The Kier molecular flexibility index (Phi) is 4.12. The van der Waals surface area contributed by atoms with Crippen LogP contribution in [-0.4, -0.2) is 46.1 Å². The van der Waals surface area contributed by atoms with E-state index in [1.54, 1.807) is 24.8 Å². The average Bonchev–Trinajstić information content (AvgIpc) is 2.70. The lowest BCUT2D eigenvalue weighted by Crippen LogP contribution is -2.44. The standard InChI is InChI=1S/C18H18N6/c1-2-15(13-21-5-1)18-22-16(14-3-6-19-7-4-14)12-17(23-18)24-10-8-20-9-11-24/h1-7,12-13,20H,8-11H2. The third kappa shape index (κ3) is 3.09. The summed E-state index contributed by atoms with van der Waals surface area (Å²) in [4.78, 5) is 20.1. The van der Waals surface area contributed by atoms with Gasteiger partial charge in [0.15, 0.2) is 5.82 Å². The Hall–Kier alpha value is -2.86. The molecule has 6 heteroatoms. The van der Waals surface area contributed by atoms with Crippen LogP contribution in [0.1, 0.15) is 0 Å². The maximum absolute atomic E-state index is 4.78. The summed E-state index contributed by atoms with van der Waals surface area (Å²) in [6.07, 6.45) is 7.12. The number of pyridine rings is 2. The summed E-state index contributed by atoms with van der Waals surface area (Å²) in [6, 6.07) is 9.89. The van der Waals surface area contributed by atoms with E-state index in [1.165, 1.54) is 0 Å². The van der Waals surface area contributed by atoms with E-state index < -0.39 is 0 Å². The van der Waals surface area contributed by atoms with E-state index in [0.29, 0.717) is 5.82 Å². The summed E-state index contributed by atoms with van der Waals surface area (Å²) in [5.41, 5.74) is 2.86. The number of nitrogens with one attached hydrogen (secondary N) is 1. The monoisotopic (exact) mass is 318 g/mol. The van der Waals surface area contributed by atoms with Crippen LogP contribution in [-0.2, 0) is 0 Å². The molecule has 3 aromatic heterocycles. The molecule has 4 heterocycles. The van der Waals surface area contributed by atoms with Crippen LogP contribution >= 0.6 is 0 Å². The van der Waals surface area contributed by atoms with Crippen LogP contribution in [0.2, 0.25) is 0 Å². The van der Waals surface area contributed by atoms with Crippen LogP contribution in [0.25, 0.3) is 22.6 Å². The molecule has 4 rings (SSSR count). The summed E-state index contributed by atoms with van der Waals surface area (Å²) in [6.45, 7) is 3.83. The minimum atomic E-state index is 0.700. The van der Waals surface area contributed by atoms with Crippen molar-refractivity contribution < 1.29 is 0 Å². The van der Waals surface area contributed by atoms with Crippen molar-refractivity contribution in [3.63, 3.8) is 0 Å². The molecule has 120 valence electrons. The number of hydrogen-bond donors (Lipinski definition) is 1. The number of aromatic nitrogens is 4. The van der Waals surface area contributed by atoms with Gasteiger partial charge in [0.2, 0.25) is 0 Å². The summed E-state index contributed by atoms with van der Waals surface area (Å²) in [7, 11) is 0. The highest BCUT2D eigenvalue weighted by atomic mass is 15.2. The van der Waals surface area contributed by atoms with E-state index >= 15 is 0 Å². The van der Waals surface area contributed by atoms with Gasteiger partial charge >= 0.3 is 0 Å². The fraction of sp³-hybridized carbons (Fsp3) is 0.222. The predicted octanol–water partition coefficient (Wildman–Crippen LogP) is 2.01. The molecule has 6 nitrogen and oxygen atoms in total. The van der Waals surface area contributed by atoms with Crippen molar-refractivity contribution in [2.24, 2.45) is 0 Å². The molecule has 0 saturated carbocycles. The Labute approximate surface area is 140 Å². The molecule has 0 spiro atoms. The zero-order valence-electron chi connectivity index (χ0n) is 13.3. The first-order valence-electron chi connectivity index (χ1n) is 8.06. The topological polar surface area (TPSA) is 66.8 Å². The molecule has 3 aromatic rings. The van der Waals surface area contributed by atoms with Gasteiger partial charge in [-0.2, -0.15) is 0 Å². The van der Waals surface area contributed by atoms with E-state index in [1.807, 2.05) is 24.3 Å². The Balaban J connectivity index is 1.81. The van der Waals surface area contributed by atoms with Crippen LogP contribution < -0.4 is 10.2 Å². The maximum atomic E-state index is 4.78. The summed E-state index contributed by atoms with van der Waals surface area (Å²) >= 11 is 0. The van der Waals surface area contributed by atoms with Gasteiger partial charge in [0.25, 0.3) is 0 Å². The van der Waals surface area contributed by atoms with Gasteiger partial charge in [0.1, 0.15) is 5.82 Å². The second kappa shape index (κ2) is 6.72. The van der Waals surface area contributed by atoms with Gasteiger partial charge < -0.3 is 10.2 Å². The molecule has 24 heavy (non-hydrogen) atoms. The highest BCUT2D eigenvalue weighted by molar-refractivity contribution is 5.67. The zero-order valence-corrected chi connectivity index (χ0v) is 13.3. The summed E-state index contributed by atoms with van der Waals surface area (Å²) in [5, 5.41) is 3.37. The highest BCUT2D eigenvalue weighted by Gasteiger charge is 2.15. The van der Waals surface area contributed by atoms with Gasteiger partial charge in [-0.05, 0) is 24.3 Å². The van der Waals surface area contributed by atoms with E-state index in [-0.39, 0.29) is 0 Å². The second-order valence-corrected chi connectivity index (χ2v) is 5.65. The molecule has 1 aliphatic heterocycles. The molecule has 0 radical (unpaired) electrons. The van der Waals surface area contributed by atoms with Crippen molar-refractivity contribution in [1.82, 2.24) is 25.3 Å². The number of anilines is 1. The Morgan fingerprint density at radius 2 is 1.71 bits per heavy atom. The van der Waals surface area contributed by atoms with E-state index in [9.17, 15) is 0 Å². The number of hydrogen-bond acceptors (Lipinski definition) is 6. The third-order valence-electron chi connectivity index (χ3n) is 4.05. The third-order valence-corrected chi connectivity index (χ3v) is 4.05. The van der Waals surface area contributed by atoms with Crippen LogP contribution in [0.3, 0.4) is 0 Å². The Morgan fingerprint density at radius 3 is 2.46 bits per heavy atom. The maximum Gasteiger partial charge on any atom is 0.163 e. The molecule has 1 saturated heterocycles. The number of nitrogens with zero attached hydrogens (tertiary/aromatic N) is 5. The predicted molar refractivity (Wildman–Crippen MR) is 93.6 cm³/mol. The zero-order chi connectivity index (χ0) is 16.2. The van der Waals surface area contributed by atoms with Gasteiger partial charge in [0.05, 0.1) is 5.69 Å². The molecule has 0 bridgehead atoms. The number of piperazine rings is 1. The van der Waals surface area contributed by atoms with Gasteiger partial charge in [-0.1, -0.05) is 0 Å². The van der Waals surface area contributed by atoms with Crippen molar-refractivity contribution in [2.45, 2.75) is 0 Å². The fourth-order valence-electron chi connectivity index (χ4n) is 2.79.